The third-order valence-electron chi connectivity index (χ3n) is 14.2. The zero-order valence-electron chi connectivity index (χ0n) is 44.3. The van der Waals surface area contributed by atoms with Gasteiger partial charge in [-0.3, -0.25) is 0 Å². The van der Waals surface area contributed by atoms with Gasteiger partial charge < -0.3 is 52.5 Å². The summed E-state index contributed by atoms with van der Waals surface area (Å²) >= 11 is 0. The van der Waals surface area contributed by atoms with Crippen molar-refractivity contribution in [1.29, 1.82) is 0 Å². The van der Waals surface area contributed by atoms with Crippen LogP contribution in [0.1, 0.15) is 44.5 Å². The zero-order chi connectivity index (χ0) is 53.7. The van der Waals surface area contributed by atoms with Crippen LogP contribution in [-0.2, 0) is 100 Å². The molecule has 5 unspecified atom stereocenters. The van der Waals surface area contributed by atoms with Crippen LogP contribution in [0.4, 0.5) is 0 Å². The van der Waals surface area contributed by atoms with E-state index in [1.54, 1.807) is 0 Å². The quantitative estimate of drug-likeness (QED) is 0.0531. The molecule has 1 aliphatic carbocycles. The van der Waals surface area contributed by atoms with Crippen LogP contribution in [0.5, 0.6) is 0 Å². The van der Waals surface area contributed by atoms with Crippen LogP contribution in [0, 0.1) is 0 Å². The molecule has 0 aromatic heterocycles. The number of rotatable bonds is 27. The molecule has 0 radical (unpaired) electrons. The molecule has 2 aliphatic rings. The highest BCUT2D eigenvalue weighted by Crippen LogP contribution is 2.39. The molecule has 11 nitrogen and oxygen atoms in total. The lowest BCUT2D eigenvalue weighted by atomic mass is 9.83. The van der Waals surface area contributed by atoms with Gasteiger partial charge in [-0.15, -0.1) is 0 Å². The van der Waals surface area contributed by atoms with Gasteiger partial charge in [-0.1, -0.05) is 243 Å². The molecule has 1 N–H and O–H groups in total. The number of ether oxygens (including phenoxy) is 10. The summed E-state index contributed by atoms with van der Waals surface area (Å²) in [5.41, 5.74) is 7.60. The van der Waals surface area contributed by atoms with Crippen LogP contribution in [-0.4, -0.2) is 79.0 Å². The van der Waals surface area contributed by atoms with E-state index in [9.17, 15) is 5.11 Å². The highest BCUT2D eigenvalue weighted by Gasteiger charge is 2.57. The minimum Gasteiger partial charge on any atom is -0.387 e. The first-order valence-corrected chi connectivity index (χ1v) is 27.3. The minimum absolute atomic E-state index is 0.104. The molecule has 408 valence electrons. The summed E-state index contributed by atoms with van der Waals surface area (Å²) in [5, 5.41) is 13.3. The van der Waals surface area contributed by atoms with E-state index in [0.717, 1.165) is 44.5 Å². The topological polar surface area (TPSA) is 113 Å². The van der Waals surface area contributed by atoms with Crippen LogP contribution >= 0.6 is 0 Å². The van der Waals surface area contributed by atoms with Crippen LogP contribution in [0.25, 0.3) is 0 Å². The first-order valence-electron chi connectivity index (χ1n) is 27.3. The molecule has 10 rings (SSSR count). The van der Waals surface area contributed by atoms with Crippen LogP contribution < -0.4 is 0 Å². The van der Waals surface area contributed by atoms with Crippen molar-refractivity contribution in [2.45, 2.75) is 120 Å². The van der Waals surface area contributed by atoms with Crippen molar-refractivity contribution in [3.05, 3.63) is 287 Å². The van der Waals surface area contributed by atoms with Gasteiger partial charge in [0.15, 0.2) is 6.29 Å². The molecular weight excluding hydrogens is 993 g/mol. The van der Waals surface area contributed by atoms with Gasteiger partial charge in [0.05, 0.1) is 59.5 Å². The highest BCUT2D eigenvalue weighted by atomic mass is 16.7. The van der Waals surface area contributed by atoms with Gasteiger partial charge in [-0.25, -0.2) is 0 Å². The maximum atomic E-state index is 13.3. The number of hydrogen-bond acceptors (Lipinski definition) is 11. The van der Waals surface area contributed by atoms with Gasteiger partial charge in [0.2, 0.25) is 0 Å². The van der Waals surface area contributed by atoms with E-state index in [0.29, 0.717) is 6.61 Å². The average Bonchev–Trinajstić information content (AvgIpc) is 3.65. The maximum absolute atomic E-state index is 13.3. The van der Waals surface area contributed by atoms with Crippen LogP contribution in [0.2, 0.25) is 0 Å². The van der Waals surface area contributed by atoms with E-state index in [-0.39, 0.29) is 52.9 Å². The molecule has 1 aliphatic heterocycles. The summed E-state index contributed by atoms with van der Waals surface area (Å²) in [6.45, 7) is 1.84. The molecule has 0 amide bonds. The van der Waals surface area contributed by atoms with E-state index in [2.05, 4.69) is 0 Å². The SMILES string of the molecule is O[C@@H]1C(O[C@H]2OC(COCc3ccccc3)[C@H](OCc3ccccc3)[C@@H](OCc3ccccc3)C2OCc2ccccc2)C(OCc2ccccc2)[C@H](OCc2ccccc2)[C@@H](OCc2ccccc2)C1OCc1ccccc1. The van der Waals surface area contributed by atoms with Crippen LogP contribution in [0.3, 0.4) is 0 Å². The zero-order valence-corrected chi connectivity index (χ0v) is 44.3. The second kappa shape index (κ2) is 29.5. The first-order chi connectivity index (χ1) is 39.1. The van der Waals surface area contributed by atoms with Gasteiger partial charge in [0.25, 0.3) is 0 Å². The second-order valence-corrected chi connectivity index (χ2v) is 20.0. The molecule has 1 saturated heterocycles. The molecule has 11 heteroatoms. The summed E-state index contributed by atoms with van der Waals surface area (Å²) in [6, 6.07) is 79.8. The van der Waals surface area contributed by atoms with Gasteiger partial charge >= 0.3 is 0 Å². The van der Waals surface area contributed by atoms with Crippen molar-refractivity contribution >= 4 is 0 Å². The third kappa shape index (κ3) is 16.0. The molecular formula is C68H70O11. The Hall–Kier alpha value is -6.68. The van der Waals surface area contributed by atoms with E-state index in [1.165, 1.54) is 0 Å². The predicted octanol–water partition coefficient (Wildman–Crippen LogP) is 11.8. The number of benzene rings is 8. The molecule has 1 saturated carbocycles. The van der Waals surface area contributed by atoms with E-state index in [4.69, 9.17) is 47.4 Å². The Kier molecular flexibility index (Phi) is 20.8. The lowest BCUT2D eigenvalue weighted by Crippen LogP contribution is -2.69. The molecule has 0 bridgehead atoms. The molecule has 11 atom stereocenters. The van der Waals surface area contributed by atoms with Crippen molar-refractivity contribution < 1.29 is 52.5 Å². The van der Waals surface area contributed by atoms with Crippen LogP contribution in [0.15, 0.2) is 243 Å². The van der Waals surface area contributed by atoms with Crippen molar-refractivity contribution in [3.8, 4) is 0 Å². The first kappa shape index (κ1) is 55.6. The maximum Gasteiger partial charge on any atom is 0.187 e. The summed E-state index contributed by atoms with van der Waals surface area (Å²) in [4.78, 5) is 0. The molecule has 1 heterocycles. The molecule has 8 aromatic rings. The van der Waals surface area contributed by atoms with E-state index >= 15 is 0 Å². The monoisotopic (exact) mass is 1060 g/mol. The van der Waals surface area contributed by atoms with Gasteiger partial charge in [-0.05, 0) is 44.5 Å². The Balaban J connectivity index is 1.07. The number of aliphatic hydroxyl groups is 1. The molecule has 8 aromatic carbocycles. The lowest BCUT2D eigenvalue weighted by Gasteiger charge is -2.51. The van der Waals surface area contributed by atoms with Gasteiger partial charge in [0.1, 0.15) is 61.0 Å². The van der Waals surface area contributed by atoms with E-state index < -0.39 is 67.3 Å². The Morgan fingerprint density at radius 3 is 0.835 bits per heavy atom. The highest BCUT2D eigenvalue weighted by molar-refractivity contribution is 5.20. The Morgan fingerprint density at radius 1 is 0.266 bits per heavy atom. The average molecular weight is 1060 g/mol. The fraction of sp³-hybridized carbons (Fsp3) is 0.294. The smallest absolute Gasteiger partial charge is 0.187 e. The third-order valence-corrected chi connectivity index (χ3v) is 14.2. The minimum atomic E-state index is -1.37. The van der Waals surface area contributed by atoms with E-state index in [1.807, 2.05) is 243 Å². The fourth-order valence-electron chi connectivity index (χ4n) is 10.1. The largest absolute Gasteiger partial charge is 0.387 e. The Bertz CT molecular complexity index is 2910. The fourth-order valence-corrected chi connectivity index (χ4v) is 10.1. The summed E-state index contributed by atoms with van der Waals surface area (Å²) < 4.78 is 70.7. The van der Waals surface area contributed by atoms with Gasteiger partial charge in [-0.2, -0.15) is 0 Å². The molecule has 2 fully saturated rings. The lowest BCUT2D eigenvalue weighted by molar-refractivity contribution is -0.363. The Labute approximate surface area is 464 Å². The number of aliphatic hydroxyl groups excluding tert-OH is 1. The standard InChI is InChI=1S/C68H70O11/c69-59-61(72-43-52-29-13-3-14-30-52)64(74-45-54-33-17-5-18-34-54)66(76-47-56-37-21-7-22-38-56)65(75-46-55-35-19-6-20-36-55)62(59)79-68-67(77-48-57-39-23-8-24-40-57)63(73-44-53-31-15-4-16-32-53)60(71-42-51-27-11-2-12-28-51)58(78-68)49-70-41-50-25-9-1-10-26-50/h1-40,58-69H,41-49H2/t58?,59-,60-,61?,62?,63+,64-,65?,66+,67?,68+/m0/s1. The Morgan fingerprint density at radius 2 is 0.506 bits per heavy atom. The second-order valence-electron chi connectivity index (χ2n) is 20.0. The normalized spacial score (nSPS) is 24.0. The predicted molar refractivity (Wildman–Crippen MR) is 301 cm³/mol. The molecule has 0 spiro atoms. The summed E-state index contributed by atoms with van der Waals surface area (Å²) in [5.74, 6) is 0. The van der Waals surface area contributed by atoms with Crippen molar-refractivity contribution in [1.82, 2.24) is 0 Å². The van der Waals surface area contributed by atoms with Gasteiger partial charge in [0, 0.05) is 0 Å². The van der Waals surface area contributed by atoms with Crippen molar-refractivity contribution in [3.63, 3.8) is 0 Å². The van der Waals surface area contributed by atoms with Crippen molar-refractivity contribution in [2.75, 3.05) is 6.61 Å². The summed E-state index contributed by atoms with van der Waals surface area (Å²) in [7, 11) is 0. The summed E-state index contributed by atoms with van der Waals surface area (Å²) in [6.07, 6.45) is -10.7. The van der Waals surface area contributed by atoms with Crippen molar-refractivity contribution in [2.24, 2.45) is 0 Å². The molecule has 79 heavy (non-hydrogen) atoms. The number of hydrogen-bond donors (Lipinski definition) is 1.